The van der Waals surface area contributed by atoms with E-state index in [1.54, 1.807) is 11.8 Å². The molecule has 1 aliphatic rings. The molecule has 0 radical (unpaired) electrons. The lowest BCUT2D eigenvalue weighted by atomic mass is 9.69. The number of carboxylic acids is 1. The predicted molar refractivity (Wildman–Crippen MR) is 84.0 cm³/mol. The van der Waals surface area contributed by atoms with Crippen molar-refractivity contribution in [2.45, 2.75) is 60.3 Å². The van der Waals surface area contributed by atoms with Crippen LogP contribution in [0.5, 0.6) is 0 Å². The molecule has 0 aromatic heterocycles. The number of aliphatic carboxylic acids is 1. The molecule has 122 valence electrons. The second-order valence-electron chi connectivity index (χ2n) is 7.53. The van der Waals surface area contributed by atoms with Crippen LogP contribution in [0.15, 0.2) is 0 Å². The normalized spacial score (nSPS) is 24.4. The summed E-state index contributed by atoms with van der Waals surface area (Å²) in [6.45, 7) is 11.3. The quantitative estimate of drug-likeness (QED) is 0.846. The Morgan fingerprint density at radius 1 is 1.19 bits per heavy atom. The maximum Gasteiger partial charge on any atom is 0.308 e. The van der Waals surface area contributed by atoms with Crippen LogP contribution in [-0.4, -0.2) is 35.0 Å². The van der Waals surface area contributed by atoms with E-state index < -0.39 is 11.9 Å². The zero-order valence-electron chi connectivity index (χ0n) is 14.2. The van der Waals surface area contributed by atoms with E-state index in [1.807, 2.05) is 6.92 Å². The van der Waals surface area contributed by atoms with Crippen molar-refractivity contribution in [3.63, 3.8) is 0 Å². The Hall–Kier alpha value is -1.06. The monoisotopic (exact) mass is 297 g/mol. The molecule has 1 rings (SSSR count). The molecule has 1 aliphatic carbocycles. The third kappa shape index (κ3) is 5.01. The molecule has 1 atom stereocenters. The molecular weight excluding hydrogens is 266 g/mol. The van der Waals surface area contributed by atoms with Crippen molar-refractivity contribution in [1.29, 1.82) is 0 Å². The molecule has 4 heteroatoms. The van der Waals surface area contributed by atoms with E-state index in [0.717, 1.165) is 25.7 Å². The Kier molecular flexibility index (Phi) is 6.24. The standard InChI is InChI=1S/C17H31NO3/c1-6-18(11-12(2)16(20)21)15(19)13-7-9-14(10-8-13)17(3,4)5/h12-14H,6-11H2,1-5H3,(H,20,21). The molecule has 1 N–H and O–H groups in total. The zero-order valence-corrected chi connectivity index (χ0v) is 14.2. The highest BCUT2D eigenvalue weighted by Gasteiger charge is 2.34. The van der Waals surface area contributed by atoms with Crippen LogP contribution in [0, 0.1) is 23.2 Å². The van der Waals surface area contributed by atoms with Gasteiger partial charge in [0.05, 0.1) is 5.92 Å². The summed E-state index contributed by atoms with van der Waals surface area (Å²) in [6, 6.07) is 0. The van der Waals surface area contributed by atoms with Gasteiger partial charge < -0.3 is 10.0 Å². The maximum atomic E-state index is 12.6. The highest BCUT2D eigenvalue weighted by Crippen LogP contribution is 2.40. The van der Waals surface area contributed by atoms with Gasteiger partial charge >= 0.3 is 5.97 Å². The average Bonchev–Trinajstić information content (AvgIpc) is 2.42. The minimum absolute atomic E-state index is 0.0875. The Labute approximate surface area is 128 Å². The Balaban J connectivity index is 2.57. The summed E-state index contributed by atoms with van der Waals surface area (Å²) in [5, 5.41) is 9.00. The van der Waals surface area contributed by atoms with Gasteiger partial charge in [0.25, 0.3) is 0 Å². The Morgan fingerprint density at radius 3 is 2.10 bits per heavy atom. The minimum Gasteiger partial charge on any atom is -0.481 e. The fourth-order valence-corrected chi connectivity index (χ4v) is 3.25. The highest BCUT2D eigenvalue weighted by atomic mass is 16.4. The third-order valence-corrected chi connectivity index (χ3v) is 4.91. The predicted octanol–water partition coefficient (Wildman–Crippen LogP) is 3.41. The molecule has 0 saturated heterocycles. The average molecular weight is 297 g/mol. The molecule has 4 nitrogen and oxygen atoms in total. The first-order valence-electron chi connectivity index (χ1n) is 8.18. The van der Waals surface area contributed by atoms with Gasteiger partial charge in [-0.25, -0.2) is 0 Å². The maximum absolute atomic E-state index is 12.6. The summed E-state index contributed by atoms with van der Waals surface area (Å²) in [4.78, 5) is 25.3. The van der Waals surface area contributed by atoms with Crippen molar-refractivity contribution >= 4 is 11.9 Å². The van der Waals surface area contributed by atoms with Gasteiger partial charge in [0.15, 0.2) is 0 Å². The van der Waals surface area contributed by atoms with Crippen LogP contribution in [0.3, 0.4) is 0 Å². The molecule has 0 spiro atoms. The first-order valence-corrected chi connectivity index (χ1v) is 8.18. The van der Waals surface area contributed by atoms with Crippen LogP contribution < -0.4 is 0 Å². The molecule has 1 amide bonds. The molecule has 0 aromatic carbocycles. The fraction of sp³-hybridized carbons (Fsp3) is 0.882. The fourth-order valence-electron chi connectivity index (χ4n) is 3.25. The summed E-state index contributed by atoms with van der Waals surface area (Å²) in [5.41, 5.74) is 0.316. The van der Waals surface area contributed by atoms with Gasteiger partial charge in [-0.1, -0.05) is 27.7 Å². The SMILES string of the molecule is CCN(CC(C)C(=O)O)C(=O)C1CCC(C(C)(C)C)CC1. The Morgan fingerprint density at radius 2 is 1.71 bits per heavy atom. The molecule has 1 fully saturated rings. The number of hydrogen-bond donors (Lipinski definition) is 1. The second kappa shape index (κ2) is 7.28. The van der Waals surface area contributed by atoms with E-state index >= 15 is 0 Å². The topological polar surface area (TPSA) is 57.6 Å². The van der Waals surface area contributed by atoms with Crippen molar-refractivity contribution < 1.29 is 14.7 Å². The Bertz CT molecular complexity index is 365. The number of rotatable bonds is 5. The van der Waals surface area contributed by atoms with Crippen molar-refractivity contribution in [2.24, 2.45) is 23.2 Å². The van der Waals surface area contributed by atoms with Gasteiger partial charge in [0.2, 0.25) is 5.91 Å². The minimum atomic E-state index is -0.835. The second-order valence-corrected chi connectivity index (χ2v) is 7.53. The van der Waals surface area contributed by atoms with E-state index in [9.17, 15) is 9.59 Å². The van der Waals surface area contributed by atoms with Crippen molar-refractivity contribution in [3.8, 4) is 0 Å². The molecule has 0 heterocycles. The van der Waals surface area contributed by atoms with E-state index in [0.29, 0.717) is 24.4 Å². The zero-order chi connectivity index (χ0) is 16.2. The number of carbonyl (C=O) groups excluding carboxylic acids is 1. The van der Waals surface area contributed by atoms with Gasteiger partial charge in [-0.05, 0) is 43.9 Å². The number of carboxylic acid groups (broad SMARTS) is 1. The molecule has 0 bridgehead atoms. The summed E-state index contributed by atoms with van der Waals surface area (Å²) in [5.74, 6) is -0.408. The third-order valence-electron chi connectivity index (χ3n) is 4.91. The molecule has 21 heavy (non-hydrogen) atoms. The summed E-state index contributed by atoms with van der Waals surface area (Å²) in [6.07, 6.45) is 4.09. The largest absolute Gasteiger partial charge is 0.481 e. The first-order chi connectivity index (χ1) is 9.66. The highest BCUT2D eigenvalue weighted by molar-refractivity contribution is 5.79. The van der Waals surface area contributed by atoms with Crippen molar-refractivity contribution in [3.05, 3.63) is 0 Å². The number of amides is 1. The lowest BCUT2D eigenvalue weighted by Crippen LogP contribution is -2.42. The van der Waals surface area contributed by atoms with E-state index in [4.69, 9.17) is 5.11 Å². The number of nitrogens with zero attached hydrogens (tertiary/aromatic N) is 1. The molecule has 1 unspecified atom stereocenters. The van der Waals surface area contributed by atoms with Crippen LogP contribution >= 0.6 is 0 Å². The molecule has 1 saturated carbocycles. The van der Waals surface area contributed by atoms with Crippen LogP contribution in [0.2, 0.25) is 0 Å². The summed E-state index contributed by atoms with van der Waals surface area (Å²) >= 11 is 0. The van der Waals surface area contributed by atoms with E-state index in [-0.39, 0.29) is 11.8 Å². The lowest BCUT2D eigenvalue weighted by molar-refractivity contribution is -0.144. The van der Waals surface area contributed by atoms with Crippen LogP contribution in [0.25, 0.3) is 0 Å². The van der Waals surface area contributed by atoms with Crippen molar-refractivity contribution in [2.75, 3.05) is 13.1 Å². The van der Waals surface area contributed by atoms with Crippen molar-refractivity contribution in [1.82, 2.24) is 4.90 Å². The van der Waals surface area contributed by atoms with Gasteiger partial charge in [0, 0.05) is 19.0 Å². The number of carbonyl (C=O) groups is 2. The molecule has 0 aromatic rings. The summed E-state index contributed by atoms with van der Waals surface area (Å²) in [7, 11) is 0. The van der Waals surface area contributed by atoms with Gasteiger partial charge in [-0.3, -0.25) is 9.59 Å². The van der Waals surface area contributed by atoms with Gasteiger partial charge in [0.1, 0.15) is 0 Å². The lowest BCUT2D eigenvalue weighted by Gasteiger charge is -2.38. The van der Waals surface area contributed by atoms with Crippen LogP contribution in [0.4, 0.5) is 0 Å². The molecular formula is C17H31NO3. The summed E-state index contributed by atoms with van der Waals surface area (Å²) < 4.78 is 0. The smallest absolute Gasteiger partial charge is 0.308 e. The van der Waals surface area contributed by atoms with Crippen LogP contribution in [0.1, 0.15) is 60.3 Å². The van der Waals surface area contributed by atoms with Crippen LogP contribution in [-0.2, 0) is 9.59 Å². The first kappa shape index (κ1) is 18.0. The van der Waals surface area contributed by atoms with E-state index in [2.05, 4.69) is 20.8 Å². The van der Waals surface area contributed by atoms with Gasteiger partial charge in [-0.2, -0.15) is 0 Å². The van der Waals surface area contributed by atoms with Gasteiger partial charge in [-0.15, -0.1) is 0 Å². The van der Waals surface area contributed by atoms with E-state index in [1.165, 1.54) is 0 Å². The molecule has 0 aliphatic heterocycles. The number of hydrogen-bond acceptors (Lipinski definition) is 2.